The van der Waals surface area contributed by atoms with Gasteiger partial charge in [-0.25, -0.2) is 9.97 Å². The fraction of sp³-hybridized carbons (Fsp3) is 0.353. The van der Waals surface area contributed by atoms with Crippen molar-refractivity contribution >= 4 is 5.78 Å². The Hall–Kier alpha value is -2.47. The quantitative estimate of drug-likeness (QED) is 0.760. The summed E-state index contributed by atoms with van der Waals surface area (Å²) in [6.45, 7) is 3.00. The highest BCUT2D eigenvalue weighted by Gasteiger charge is 2.21. The van der Waals surface area contributed by atoms with Crippen molar-refractivity contribution in [3.05, 3.63) is 47.4 Å². The van der Waals surface area contributed by atoms with Crippen LogP contribution in [0.15, 0.2) is 30.3 Å². The van der Waals surface area contributed by atoms with Gasteiger partial charge in [0.25, 0.3) is 0 Å². The minimum atomic E-state index is -0.107. The van der Waals surface area contributed by atoms with Crippen LogP contribution in [0.3, 0.4) is 0 Å². The van der Waals surface area contributed by atoms with Crippen LogP contribution in [0.4, 0.5) is 0 Å². The number of ether oxygens (including phenoxy) is 3. The van der Waals surface area contributed by atoms with E-state index in [1.807, 2.05) is 19.1 Å². The van der Waals surface area contributed by atoms with E-state index in [0.29, 0.717) is 36.2 Å². The number of ketones is 1. The molecule has 0 unspecified atom stereocenters. The number of rotatable bonds is 6. The monoisotopic (exact) mass is 314 g/mol. The van der Waals surface area contributed by atoms with Crippen LogP contribution in [0.5, 0.6) is 11.6 Å². The first-order chi connectivity index (χ1) is 11.1. The minimum absolute atomic E-state index is 0.0554. The Morgan fingerprint density at radius 2 is 2.13 bits per heavy atom. The van der Waals surface area contributed by atoms with E-state index in [4.69, 9.17) is 14.2 Å². The third-order valence-corrected chi connectivity index (χ3v) is 3.45. The van der Waals surface area contributed by atoms with Gasteiger partial charge in [-0.1, -0.05) is 6.07 Å². The predicted octanol–water partition coefficient (Wildman–Crippen LogP) is 2.00. The van der Waals surface area contributed by atoms with Gasteiger partial charge in [-0.15, -0.1) is 0 Å². The summed E-state index contributed by atoms with van der Waals surface area (Å²) in [6.07, 6.45) is 0.222. The molecule has 3 rings (SSSR count). The van der Waals surface area contributed by atoms with E-state index in [0.717, 1.165) is 5.69 Å². The maximum Gasteiger partial charge on any atom is 0.213 e. The second-order valence-electron chi connectivity index (χ2n) is 5.38. The Kier molecular flexibility index (Phi) is 4.52. The zero-order valence-corrected chi connectivity index (χ0v) is 13.1. The average Bonchev–Trinajstić information content (AvgIpc) is 2.50. The lowest BCUT2D eigenvalue weighted by atomic mass is 10.1. The smallest absolute Gasteiger partial charge is 0.213 e. The number of Topliss-reactive ketones (excluding diaryl/α,β-unsaturated/α-hetero) is 1. The van der Waals surface area contributed by atoms with Crippen LogP contribution >= 0.6 is 0 Å². The summed E-state index contributed by atoms with van der Waals surface area (Å²) in [5, 5.41) is 0. The van der Waals surface area contributed by atoms with Crippen molar-refractivity contribution in [1.29, 1.82) is 0 Å². The number of carbonyl (C=O) groups excluding carboxylic acids is 1. The fourth-order valence-corrected chi connectivity index (χ4v) is 2.25. The lowest BCUT2D eigenvalue weighted by Crippen LogP contribution is -2.38. The number of pyridine rings is 2. The van der Waals surface area contributed by atoms with Gasteiger partial charge in [0.15, 0.2) is 5.78 Å². The molecule has 1 fully saturated rings. The summed E-state index contributed by atoms with van der Waals surface area (Å²) in [7, 11) is 1.55. The molecule has 3 heterocycles. The highest BCUT2D eigenvalue weighted by molar-refractivity contribution is 5.95. The maximum absolute atomic E-state index is 12.5. The Morgan fingerprint density at radius 1 is 1.30 bits per heavy atom. The summed E-state index contributed by atoms with van der Waals surface area (Å²) in [4.78, 5) is 21.0. The summed E-state index contributed by atoms with van der Waals surface area (Å²) in [6, 6.07) is 8.83. The number of carbonyl (C=O) groups is 1. The Morgan fingerprint density at radius 3 is 2.83 bits per heavy atom. The molecular formula is C17H18N2O4. The number of hydrogen-bond acceptors (Lipinski definition) is 6. The minimum Gasteiger partial charge on any atom is -0.485 e. The number of aromatic nitrogens is 2. The Bertz CT molecular complexity index is 713. The molecule has 1 saturated heterocycles. The van der Waals surface area contributed by atoms with Crippen LogP contribution in [-0.2, 0) is 11.2 Å². The van der Waals surface area contributed by atoms with Crippen molar-refractivity contribution in [2.75, 3.05) is 20.3 Å². The molecule has 2 aromatic heterocycles. The van der Waals surface area contributed by atoms with Crippen LogP contribution in [0.2, 0.25) is 0 Å². The Balaban J connectivity index is 1.75. The molecule has 2 aromatic rings. The van der Waals surface area contributed by atoms with Gasteiger partial charge in [0, 0.05) is 23.9 Å². The van der Waals surface area contributed by atoms with Crippen molar-refractivity contribution in [2.45, 2.75) is 19.4 Å². The summed E-state index contributed by atoms with van der Waals surface area (Å²) < 4.78 is 15.9. The number of aryl methyl sites for hydroxylation is 1. The van der Waals surface area contributed by atoms with Crippen LogP contribution < -0.4 is 9.47 Å². The van der Waals surface area contributed by atoms with Gasteiger partial charge in [-0.2, -0.15) is 0 Å². The molecule has 6 nitrogen and oxygen atoms in total. The molecule has 0 aromatic carbocycles. The number of nitrogens with zero attached hydrogens (tertiary/aromatic N) is 2. The predicted molar refractivity (Wildman–Crippen MR) is 83.0 cm³/mol. The molecule has 0 aliphatic carbocycles. The van der Waals surface area contributed by atoms with Gasteiger partial charge in [-0.05, 0) is 13.0 Å². The van der Waals surface area contributed by atoms with E-state index in [9.17, 15) is 4.79 Å². The SMILES string of the molecule is COc1cccc(CC(=O)c2cc(OC3COC3)cc(C)n2)n1. The summed E-state index contributed by atoms with van der Waals surface area (Å²) in [5.41, 5.74) is 1.77. The standard InChI is InChI=1S/C17H18N2O4/c1-11-6-13(23-14-9-22-10-14)8-15(18-11)16(20)7-12-4-3-5-17(19-12)21-2/h3-6,8,14H,7,9-10H2,1-2H3. The first kappa shape index (κ1) is 15.4. The second-order valence-corrected chi connectivity index (χ2v) is 5.38. The van der Waals surface area contributed by atoms with Crippen molar-refractivity contribution in [3.63, 3.8) is 0 Å². The highest BCUT2D eigenvalue weighted by Crippen LogP contribution is 2.19. The van der Waals surface area contributed by atoms with Crippen LogP contribution in [0.25, 0.3) is 0 Å². The van der Waals surface area contributed by atoms with Gasteiger partial charge in [0.1, 0.15) is 17.5 Å². The molecule has 23 heavy (non-hydrogen) atoms. The molecule has 0 atom stereocenters. The summed E-state index contributed by atoms with van der Waals surface area (Å²) in [5.74, 6) is 1.03. The van der Waals surface area contributed by atoms with E-state index in [1.165, 1.54) is 0 Å². The van der Waals surface area contributed by atoms with E-state index in [-0.39, 0.29) is 18.3 Å². The second kappa shape index (κ2) is 6.75. The first-order valence-electron chi connectivity index (χ1n) is 7.40. The van der Waals surface area contributed by atoms with Crippen molar-refractivity contribution in [3.8, 4) is 11.6 Å². The largest absolute Gasteiger partial charge is 0.485 e. The maximum atomic E-state index is 12.5. The van der Waals surface area contributed by atoms with Crippen molar-refractivity contribution in [1.82, 2.24) is 9.97 Å². The lowest BCUT2D eigenvalue weighted by Gasteiger charge is -2.26. The van der Waals surface area contributed by atoms with E-state index in [1.54, 1.807) is 25.3 Å². The molecule has 0 N–H and O–H groups in total. The van der Waals surface area contributed by atoms with Gasteiger partial charge >= 0.3 is 0 Å². The molecule has 0 amide bonds. The molecule has 6 heteroatoms. The average molecular weight is 314 g/mol. The molecule has 0 saturated carbocycles. The van der Waals surface area contributed by atoms with E-state index < -0.39 is 0 Å². The van der Waals surface area contributed by atoms with Crippen LogP contribution in [-0.4, -0.2) is 42.2 Å². The van der Waals surface area contributed by atoms with Crippen LogP contribution in [0, 0.1) is 6.92 Å². The molecule has 0 spiro atoms. The molecule has 0 bridgehead atoms. The molecule has 1 aliphatic rings. The Labute approximate surface area is 134 Å². The number of hydrogen-bond donors (Lipinski definition) is 0. The van der Waals surface area contributed by atoms with Gasteiger partial charge in [0.05, 0.1) is 32.4 Å². The molecular weight excluding hydrogens is 296 g/mol. The third kappa shape index (κ3) is 3.84. The summed E-state index contributed by atoms with van der Waals surface area (Å²) >= 11 is 0. The van der Waals surface area contributed by atoms with Crippen LogP contribution in [0.1, 0.15) is 21.9 Å². The first-order valence-corrected chi connectivity index (χ1v) is 7.40. The van der Waals surface area contributed by atoms with E-state index >= 15 is 0 Å². The van der Waals surface area contributed by atoms with Gasteiger partial charge in [-0.3, -0.25) is 4.79 Å². The van der Waals surface area contributed by atoms with Crippen molar-refractivity contribution < 1.29 is 19.0 Å². The third-order valence-electron chi connectivity index (χ3n) is 3.45. The molecule has 0 radical (unpaired) electrons. The molecule has 120 valence electrons. The lowest BCUT2D eigenvalue weighted by molar-refractivity contribution is -0.0797. The topological polar surface area (TPSA) is 70.5 Å². The normalized spacial score (nSPS) is 14.2. The molecule has 1 aliphatic heterocycles. The highest BCUT2D eigenvalue weighted by atomic mass is 16.6. The van der Waals surface area contributed by atoms with E-state index in [2.05, 4.69) is 9.97 Å². The van der Waals surface area contributed by atoms with Crippen molar-refractivity contribution in [2.24, 2.45) is 0 Å². The van der Waals surface area contributed by atoms with Gasteiger partial charge in [0.2, 0.25) is 5.88 Å². The fourth-order valence-electron chi connectivity index (χ4n) is 2.25. The zero-order chi connectivity index (χ0) is 16.2. The van der Waals surface area contributed by atoms with Gasteiger partial charge < -0.3 is 14.2 Å². The number of methoxy groups -OCH3 is 1. The zero-order valence-electron chi connectivity index (χ0n) is 13.1.